The number of aromatic nitrogens is 1. The Kier molecular flexibility index (Phi) is 5.54. The molecule has 0 radical (unpaired) electrons. The minimum atomic E-state index is -0.0573. The number of nitrogens with zero attached hydrogens (tertiary/aromatic N) is 2. The van der Waals surface area contributed by atoms with Crippen LogP contribution in [0, 0.1) is 16.7 Å². The molecule has 0 bridgehead atoms. The molecule has 124 valence electrons. The molecular weight excluding hydrogens is 302 g/mol. The number of pyridine rings is 1. The molecule has 1 amide bonds. The summed E-state index contributed by atoms with van der Waals surface area (Å²) < 4.78 is 5.65. The number of carbonyl (C=O) groups excluding carboxylic acids is 1. The van der Waals surface area contributed by atoms with E-state index in [4.69, 9.17) is 10.00 Å². The van der Waals surface area contributed by atoms with Gasteiger partial charge in [-0.2, -0.15) is 5.26 Å². The number of anilines is 1. The molecular formula is C19H21N3O2. The Morgan fingerprint density at radius 3 is 2.46 bits per heavy atom. The zero-order valence-electron chi connectivity index (χ0n) is 14.2. The van der Waals surface area contributed by atoms with Crippen molar-refractivity contribution in [3.63, 3.8) is 0 Å². The quantitative estimate of drug-likeness (QED) is 0.889. The number of nitriles is 1. The lowest BCUT2D eigenvalue weighted by Crippen LogP contribution is -2.19. The predicted molar refractivity (Wildman–Crippen MR) is 92.8 cm³/mol. The Morgan fingerprint density at radius 2 is 1.92 bits per heavy atom. The van der Waals surface area contributed by atoms with Gasteiger partial charge in [-0.25, -0.2) is 4.98 Å². The number of carbonyl (C=O) groups is 1. The summed E-state index contributed by atoms with van der Waals surface area (Å²) in [5.41, 5.74) is 1.52. The summed E-state index contributed by atoms with van der Waals surface area (Å²) in [5.74, 6) is 1.05. The Labute approximate surface area is 142 Å². The molecule has 0 aliphatic rings. The van der Waals surface area contributed by atoms with Crippen molar-refractivity contribution in [2.24, 2.45) is 5.41 Å². The maximum atomic E-state index is 11.9. The summed E-state index contributed by atoms with van der Waals surface area (Å²) in [5, 5.41) is 11.5. The maximum absolute atomic E-state index is 11.9. The number of ether oxygens (including phenoxy) is 1. The van der Waals surface area contributed by atoms with Gasteiger partial charge in [0.15, 0.2) is 0 Å². The van der Waals surface area contributed by atoms with Crippen molar-refractivity contribution in [1.29, 1.82) is 5.26 Å². The first kappa shape index (κ1) is 17.5. The number of nitrogens with one attached hydrogen (secondary N) is 1. The molecule has 0 aliphatic carbocycles. The third-order valence-corrected chi connectivity index (χ3v) is 3.14. The smallest absolute Gasteiger partial charge is 0.224 e. The molecule has 0 aliphatic heterocycles. The topological polar surface area (TPSA) is 75.0 Å². The average Bonchev–Trinajstić information content (AvgIpc) is 2.49. The van der Waals surface area contributed by atoms with Gasteiger partial charge >= 0.3 is 0 Å². The lowest BCUT2D eigenvalue weighted by molar-refractivity contribution is -0.117. The summed E-state index contributed by atoms with van der Waals surface area (Å²) in [6.07, 6.45) is 2.39. The van der Waals surface area contributed by atoms with E-state index < -0.39 is 0 Å². The number of hydrogen-bond acceptors (Lipinski definition) is 4. The van der Waals surface area contributed by atoms with Gasteiger partial charge in [-0.1, -0.05) is 32.9 Å². The minimum Gasteiger partial charge on any atom is -0.439 e. The van der Waals surface area contributed by atoms with Crippen molar-refractivity contribution < 1.29 is 9.53 Å². The van der Waals surface area contributed by atoms with Crippen molar-refractivity contribution in [3.8, 4) is 17.7 Å². The molecule has 24 heavy (non-hydrogen) atoms. The molecule has 0 spiro atoms. The Hall–Kier alpha value is -2.87. The lowest BCUT2D eigenvalue weighted by atomic mass is 9.92. The fourth-order valence-corrected chi connectivity index (χ4v) is 2.09. The van der Waals surface area contributed by atoms with Crippen LogP contribution in [0.4, 0.5) is 5.69 Å². The van der Waals surface area contributed by atoms with Gasteiger partial charge in [0, 0.05) is 12.5 Å². The second-order valence-corrected chi connectivity index (χ2v) is 6.75. The van der Waals surface area contributed by atoms with Gasteiger partial charge in [-0.3, -0.25) is 4.79 Å². The number of hydrogen-bond donors (Lipinski definition) is 1. The fraction of sp³-hybridized carbons (Fsp3) is 0.316. The first-order valence-electron chi connectivity index (χ1n) is 7.75. The number of amides is 1. The summed E-state index contributed by atoms with van der Waals surface area (Å²) >= 11 is 0. The normalized spacial score (nSPS) is 10.8. The van der Waals surface area contributed by atoms with Crippen LogP contribution >= 0.6 is 0 Å². The van der Waals surface area contributed by atoms with Gasteiger partial charge in [0.2, 0.25) is 11.8 Å². The molecule has 2 aromatic rings. The van der Waals surface area contributed by atoms with E-state index in [0.717, 1.165) is 5.56 Å². The van der Waals surface area contributed by atoms with E-state index in [0.29, 0.717) is 30.2 Å². The highest BCUT2D eigenvalue weighted by Gasteiger charge is 2.16. The summed E-state index contributed by atoms with van der Waals surface area (Å²) in [6, 6.07) is 12.9. The lowest BCUT2D eigenvalue weighted by Gasteiger charge is -2.17. The second kappa shape index (κ2) is 7.60. The summed E-state index contributed by atoms with van der Waals surface area (Å²) in [4.78, 5) is 16.1. The van der Waals surface area contributed by atoms with E-state index in [-0.39, 0.29) is 11.3 Å². The average molecular weight is 323 g/mol. The highest BCUT2D eigenvalue weighted by molar-refractivity contribution is 5.90. The van der Waals surface area contributed by atoms with Gasteiger partial charge in [-0.05, 0) is 29.2 Å². The molecule has 0 atom stereocenters. The number of rotatable bonds is 5. The van der Waals surface area contributed by atoms with Crippen LogP contribution in [-0.2, 0) is 11.2 Å². The molecule has 0 fully saturated rings. The van der Waals surface area contributed by atoms with E-state index in [1.54, 1.807) is 30.5 Å². The Bertz CT molecular complexity index is 723. The number of benzene rings is 1. The third kappa shape index (κ3) is 5.73. The molecule has 2 rings (SSSR count). The first-order chi connectivity index (χ1) is 11.4. The van der Waals surface area contributed by atoms with Gasteiger partial charge < -0.3 is 10.1 Å². The van der Waals surface area contributed by atoms with Crippen LogP contribution < -0.4 is 10.1 Å². The van der Waals surface area contributed by atoms with Crippen LogP contribution in [0.25, 0.3) is 0 Å². The van der Waals surface area contributed by atoms with Crippen molar-refractivity contribution in [3.05, 3.63) is 48.2 Å². The maximum Gasteiger partial charge on any atom is 0.224 e. The van der Waals surface area contributed by atoms with Crippen molar-refractivity contribution in [2.45, 2.75) is 33.6 Å². The largest absolute Gasteiger partial charge is 0.439 e. The first-order valence-corrected chi connectivity index (χ1v) is 7.75. The van der Waals surface area contributed by atoms with Crippen LogP contribution in [0.1, 0.15) is 32.8 Å². The van der Waals surface area contributed by atoms with Crippen LogP contribution in [0.2, 0.25) is 0 Å². The highest BCUT2D eigenvalue weighted by atomic mass is 16.5. The van der Waals surface area contributed by atoms with Crippen LogP contribution in [0.3, 0.4) is 0 Å². The molecule has 1 heterocycles. The van der Waals surface area contributed by atoms with E-state index in [1.165, 1.54) is 0 Å². The standard InChI is InChI=1S/C19H21N3O2/c1-19(2,3)12-17(23)22-15-6-9-18(21-13-15)24-16-7-4-14(5-8-16)10-11-20/h4-9,13H,10,12H2,1-3H3,(H,22,23). The van der Waals surface area contributed by atoms with Gasteiger partial charge in [-0.15, -0.1) is 0 Å². The van der Waals surface area contributed by atoms with Gasteiger partial charge in [0.1, 0.15) is 5.75 Å². The molecule has 0 unspecified atom stereocenters. The van der Waals surface area contributed by atoms with E-state index >= 15 is 0 Å². The Balaban J connectivity index is 1.94. The summed E-state index contributed by atoms with van der Waals surface area (Å²) in [7, 11) is 0. The van der Waals surface area contributed by atoms with Crippen LogP contribution in [0.5, 0.6) is 11.6 Å². The molecule has 5 heteroatoms. The van der Waals surface area contributed by atoms with Gasteiger partial charge in [0.25, 0.3) is 0 Å². The van der Waals surface area contributed by atoms with Crippen molar-refractivity contribution in [2.75, 3.05) is 5.32 Å². The minimum absolute atomic E-state index is 0.0361. The zero-order valence-corrected chi connectivity index (χ0v) is 14.2. The molecule has 1 aromatic carbocycles. The second-order valence-electron chi connectivity index (χ2n) is 6.75. The molecule has 5 nitrogen and oxygen atoms in total. The zero-order chi connectivity index (χ0) is 17.6. The van der Waals surface area contributed by atoms with E-state index in [9.17, 15) is 4.79 Å². The fourth-order valence-electron chi connectivity index (χ4n) is 2.09. The van der Waals surface area contributed by atoms with Crippen molar-refractivity contribution in [1.82, 2.24) is 4.98 Å². The monoisotopic (exact) mass is 323 g/mol. The molecule has 1 aromatic heterocycles. The van der Waals surface area contributed by atoms with Gasteiger partial charge in [0.05, 0.1) is 24.4 Å². The SMILES string of the molecule is CC(C)(C)CC(=O)Nc1ccc(Oc2ccc(CC#N)cc2)nc1. The van der Waals surface area contributed by atoms with E-state index in [2.05, 4.69) is 16.4 Å². The highest BCUT2D eigenvalue weighted by Crippen LogP contribution is 2.22. The Morgan fingerprint density at radius 1 is 1.21 bits per heavy atom. The third-order valence-electron chi connectivity index (χ3n) is 3.14. The molecule has 0 saturated carbocycles. The summed E-state index contributed by atoms with van der Waals surface area (Å²) in [6.45, 7) is 6.05. The predicted octanol–water partition coefficient (Wildman–Crippen LogP) is 4.31. The van der Waals surface area contributed by atoms with E-state index in [1.807, 2.05) is 32.9 Å². The molecule has 1 N–H and O–H groups in total. The van der Waals surface area contributed by atoms with Crippen LogP contribution in [0.15, 0.2) is 42.6 Å². The van der Waals surface area contributed by atoms with Crippen LogP contribution in [-0.4, -0.2) is 10.9 Å². The molecule has 0 saturated heterocycles. The van der Waals surface area contributed by atoms with Crippen molar-refractivity contribution >= 4 is 11.6 Å².